The first-order chi connectivity index (χ1) is 12.8. The van der Waals surface area contributed by atoms with Crippen LogP contribution in [0, 0.1) is 0 Å². The molecule has 3 aromatic rings. The highest BCUT2D eigenvalue weighted by atomic mass is 16.5. The van der Waals surface area contributed by atoms with Crippen molar-refractivity contribution in [2.45, 2.75) is 13.3 Å². The number of para-hydroxylation sites is 1. The second-order valence-corrected chi connectivity index (χ2v) is 5.79. The first-order valence-electron chi connectivity index (χ1n) is 8.72. The topological polar surface area (TPSA) is 40.6 Å². The van der Waals surface area contributed by atoms with Crippen LogP contribution in [-0.2, 0) is 0 Å². The largest absolute Gasteiger partial charge is 0.493 e. The second-order valence-electron chi connectivity index (χ2n) is 5.79. The van der Waals surface area contributed by atoms with Crippen LogP contribution in [0.5, 0.6) is 17.2 Å². The number of allylic oxidation sites excluding steroid dienone is 1. The highest BCUT2D eigenvalue weighted by Crippen LogP contribution is 2.29. The Bertz CT molecular complexity index is 884. The minimum absolute atomic E-state index is 0.553. The molecule has 4 nitrogen and oxygen atoms in total. The van der Waals surface area contributed by atoms with Gasteiger partial charge in [-0.05, 0) is 36.8 Å². The molecule has 134 valence electrons. The number of rotatable bonds is 8. The van der Waals surface area contributed by atoms with Crippen LogP contribution in [0.15, 0.2) is 60.8 Å². The molecule has 0 fully saturated rings. The van der Waals surface area contributed by atoms with E-state index in [9.17, 15) is 0 Å². The molecule has 0 atom stereocenters. The summed E-state index contributed by atoms with van der Waals surface area (Å²) in [5.74, 6) is 2.28. The summed E-state index contributed by atoms with van der Waals surface area (Å²) in [6.45, 7) is 3.11. The summed E-state index contributed by atoms with van der Waals surface area (Å²) >= 11 is 0. The molecule has 0 unspecified atom stereocenters. The maximum Gasteiger partial charge on any atom is 0.161 e. The van der Waals surface area contributed by atoms with E-state index < -0.39 is 0 Å². The molecule has 0 aliphatic heterocycles. The number of hydrogen-bond donors (Lipinski definition) is 0. The Morgan fingerprint density at radius 3 is 2.54 bits per heavy atom. The van der Waals surface area contributed by atoms with Gasteiger partial charge in [0.25, 0.3) is 0 Å². The van der Waals surface area contributed by atoms with E-state index in [0.717, 1.165) is 40.1 Å². The number of pyridine rings is 1. The van der Waals surface area contributed by atoms with Gasteiger partial charge in [-0.1, -0.05) is 36.4 Å². The van der Waals surface area contributed by atoms with Crippen LogP contribution in [0.3, 0.4) is 0 Å². The highest BCUT2D eigenvalue weighted by Gasteiger charge is 2.06. The van der Waals surface area contributed by atoms with Gasteiger partial charge in [-0.15, -0.1) is 0 Å². The Morgan fingerprint density at radius 2 is 1.73 bits per heavy atom. The second kappa shape index (κ2) is 8.90. The Labute approximate surface area is 154 Å². The fourth-order valence-corrected chi connectivity index (χ4v) is 2.72. The smallest absolute Gasteiger partial charge is 0.161 e. The van der Waals surface area contributed by atoms with Crippen LogP contribution in [0.1, 0.15) is 18.9 Å². The van der Waals surface area contributed by atoms with Crippen LogP contribution in [0.25, 0.3) is 17.0 Å². The fourth-order valence-electron chi connectivity index (χ4n) is 2.72. The van der Waals surface area contributed by atoms with Gasteiger partial charge in [0.2, 0.25) is 0 Å². The number of aromatic nitrogens is 1. The summed E-state index contributed by atoms with van der Waals surface area (Å²) in [4.78, 5) is 4.40. The minimum Gasteiger partial charge on any atom is -0.493 e. The van der Waals surface area contributed by atoms with E-state index in [1.54, 1.807) is 13.3 Å². The maximum atomic E-state index is 5.88. The number of nitrogens with zero attached hydrogens (tertiary/aromatic N) is 1. The molecule has 1 aromatic heterocycles. The molecule has 4 heteroatoms. The van der Waals surface area contributed by atoms with E-state index in [0.29, 0.717) is 13.2 Å². The van der Waals surface area contributed by atoms with Crippen molar-refractivity contribution in [2.24, 2.45) is 0 Å². The highest BCUT2D eigenvalue weighted by molar-refractivity contribution is 5.84. The van der Waals surface area contributed by atoms with Crippen LogP contribution >= 0.6 is 0 Å². The molecule has 0 saturated carbocycles. The zero-order chi connectivity index (χ0) is 18.2. The first kappa shape index (κ1) is 17.8. The predicted molar refractivity (Wildman–Crippen MR) is 105 cm³/mol. The van der Waals surface area contributed by atoms with Crippen molar-refractivity contribution in [2.75, 3.05) is 20.3 Å². The van der Waals surface area contributed by atoms with Gasteiger partial charge >= 0.3 is 0 Å². The SMILES string of the molecule is CC=Cc1ccc(OCCCOc2cccc3cccnc23)c(OC)c1. The van der Waals surface area contributed by atoms with Gasteiger partial charge in [0.1, 0.15) is 11.3 Å². The predicted octanol–water partition coefficient (Wildman–Crippen LogP) is 5.12. The number of fused-ring (bicyclic) bond motifs is 1. The molecule has 1 heterocycles. The van der Waals surface area contributed by atoms with Crippen molar-refractivity contribution < 1.29 is 14.2 Å². The number of hydrogen-bond acceptors (Lipinski definition) is 4. The first-order valence-corrected chi connectivity index (χ1v) is 8.72. The molecule has 0 saturated heterocycles. The molecule has 0 aliphatic rings. The van der Waals surface area contributed by atoms with Gasteiger partial charge in [0, 0.05) is 18.0 Å². The normalized spacial score (nSPS) is 11.0. The quantitative estimate of drug-likeness (QED) is 0.529. The van der Waals surface area contributed by atoms with Gasteiger partial charge in [0.15, 0.2) is 11.5 Å². The third kappa shape index (κ3) is 4.33. The zero-order valence-electron chi connectivity index (χ0n) is 15.1. The lowest BCUT2D eigenvalue weighted by molar-refractivity contribution is 0.241. The summed E-state index contributed by atoms with van der Waals surface area (Å²) in [5, 5.41) is 1.08. The molecular weight excluding hydrogens is 326 g/mol. The Balaban J connectivity index is 1.53. The molecule has 26 heavy (non-hydrogen) atoms. The monoisotopic (exact) mass is 349 g/mol. The van der Waals surface area contributed by atoms with E-state index in [4.69, 9.17) is 14.2 Å². The van der Waals surface area contributed by atoms with Gasteiger partial charge in [-0.2, -0.15) is 0 Å². The molecule has 0 N–H and O–H groups in total. The summed E-state index contributed by atoms with van der Waals surface area (Å²) in [5.41, 5.74) is 1.97. The van der Waals surface area contributed by atoms with Crippen molar-refractivity contribution in [3.63, 3.8) is 0 Å². The Morgan fingerprint density at radius 1 is 0.923 bits per heavy atom. The van der Waals surface area contributed by atoms with Gasteiger partial charge in [-0.3, -0.25) is 4.98 Å². The van der Waals surface area contributed by atoms with Gasteiger partial charge < -0.3 is 14.2 Å². The zero-order valence-corrected chi connectivity index (χ0v) is 15.1. The molecule has 0 aliphatic carbocycles. The van der Waals surface area contributed by atoms with Crippen LogP contribution in [-0.4, -0.2) is 25.3 Å². The van der Waals surface area contributed by atoms with Crippen molar-refractivity contribution in [1.29, 1.82) is 0 Å². The summed E-state index contributed by atoms with van der Waals surface area (Å²) in [6.07, 6.45) is 6.57. The van der Waals surface area contributed by atoms with Crippen molar-refractivity contribution in [3.8, 4) is 17.2 Å². The van der Waals surface area contributed by atoms with Crippen LogP contribution < -0.4 is 14.2 Å². The van der Waals surface area contributed by atoms with Crippen molar-refractivity contribution >= 4 is 17.0 Å². The summed E-state index contributed by atoms with van der Waals surface area (Å²) in [6, 6.07) is 15.8. The molecular formula is C22H23NO3. The van der Waals surface area contributed by atoms with Crippen LogP contribution in [0.4, 0.5) is 0 Å². The minimum atomic E-state index is 0.553. The lowest BCUT2D eigenvalue weighted by Crippen LogP contribution is -2.06. The average Bonchev–Trinajstić information content (AvgIpc) is 2.69. The third-order valence-electron chi connectivity index (χ3n) is 3.95. The number of methoxy groups -OCH3 is 1. The lowest BCUT2D eigenvalue weighted by Gasteiger charge is -2.12. The lowest BCUT2D eigenvalue weighted by atomic mass is 10.2. The van der Waals surface area contributed by atoms with Crippen molar-refractivity contribution in [3.05, 3.63) is 66.4 Å². The Hall–Kier alpha value is -3.01. The molecule has 2 aromatic carbocycles. The number of ether oxygens (including phenoxy) is 3. The number of benzene rings is 2. The van der Waals surface area contributed by atoms with Crippen molar-refractivity contribution in [1.82, 2.24) is 4.98 Å². The standard InChI is InChI=1S/C22H23NO3/c1-3-7-17-11-12-19(21(16-17)24-2)25-14-6-15-26-20-10-4-8-18-9-5-13-23-22(18)20/h3-5,7-13,16H,6,14-15H2,1-2H3. The van der Waals surface area contributed by atoms with E-state index in [1.165, 1.54) is 0 Å². The summed E-state index contributed by atoms with van der Waals surface area (Å²) < 4.78 is 17.1. The maximum absolute atomic E-state index is 5.88. The molecule has 3 rings (SSSR count). The van der Waals surface area contributed by atoms with E-state index in [1.807, 2.05) is 67.6 Å². The summed E-state index contributed by atoms with van der Waals surface area (Å²) in [7, 11) is 1.65. The Kier molecular flexibility index (Phi) is 6.09. The molecule has 0 amide bonds. The van der Waals surface area contributed by atoms with E-state index in [2.05, 4.69) is 4.98 Å². The van der Waals surface area contributed by atoms with E-state index >= 15 is 0 Å². The van der Waals surface area contributed by atoms with Gasteiger partial charge in [0.05, 0.1) is 20.3 Å². The van der Waals surface area contributed by atoms with E-state index in [-0.39, 0.29) is 0 Å². The average molecular weight is 349 g/mol. The molecule has 0 radical (unpaired) electrons. The molecule has 0 spiro atoms. The molecule has 0 bridgehead atoms. The fraction of sp³-hybridized carbons (Fsp3) is 0.227. The van der Waals surface area contributed by atoms with Gasteiger partial charge in [-0.25, -0.2) is 0 Å². The van der Waals surface area contributed by atoms with Crippen LogP contribution in [0.2, 0.25) is 0 Å². The third-order valence-corrected chi connectivity index (χ3v) is 3.95.